The van der Waals surface area contributed by atoms with Crippen molar-refractivity contribution in [2.24, 2.45) is 11.8 Å². The van der Waals surface area contributed by atoms with E-state index in [-0.39, 0.29) is 11.8 Å². The number of carbonyl (C=O) groups excluding carboxylic acids is 2. The molecule has 1 saturated heterocycles. The van der Waals surface area contributed by atoms with Crippen LogP contribution in [0.1, 0.15) is 45.1 Å². The van der Waals surface area contributed by atoms with E-state index >= 15 is 0 Å². The normalized spacial score (nSPS) is 17.0. The zero-order valence-corrected chi connectivity index (χ0v) is 14.7. The van der Waals surface area contributed by atoms with Crippen molar-refractivity contribution >= 4 is 17.5 Å². The molecule has 5 heteroatoms. The minimum atomic E-state index is 0.0244. The van der Waals surface area contributed by atoms with Crippen LogP contribution in [0.4, 0.5) is 5.69 Å². The van der Waals surface area contributed by atoms with Crippen LogP contribution >= 0.6 is 0 Å². The van der Waals surface area contributed by atoms with Gasteiger partial charge in [0.1, 0.15) is 0 Å². The Morgan fingerprint density at radius 2 is 2.12 bits per heavy atom. The van der Waals surface area contributed by atoms with Crippen molar-refractivity contribution in [1.82, 2.24) is 10.6 Å². The molecule has 1 fully saturated rings. The molecule has 0 radical (unpaired) electrons. The van der Waals surface area contributed by atoms with Crippen LogP contribution in [0.2, 0.25) is 0 Å². The van der Waals surface area contributed by atoms with Gasteiger partial charge in [0.05, 0.1) is 0 Å². The lowest BCUT2D eigenvalue weighted by Crippen LogP contribution is -2.23. The summed E-state index contributed by atoms with van der Waals surface area (Å²) in [6.45, 7) is 6.64. The highest BCUT2D eigenvalue weighted by atomic mass is 16.2. The first-order valence-electron chi connectivity index (χ1n) is 8.89. The number of carbonyl (C=O) groups is 2. The van der Waals surface area contributed by atoms with E-state index in [2.05, 4.69) is 16.0 Å². The summed E-state index contributed by atoms with van der Waals surface area (Å²) in [7, 11) is 0. The molecule has 0 aromatic heterocycles. The van der Waals surface area contributed by atoms with Crippen LogP contribution in [0.25, 0.3) is 0 Å². The Morgan fingerprint density at radius 1 is 1.29 bits per heavy atom. The summed E-state index contributed by atoms with van der Waals surface area (Å²) >= 11 is 0. The van der Waals surface area contributed by atoms with Crippen molar-refractivity contribution in [2.45, 2.75) is 46.1 Å². The lowest BCUT2D eigenvalue weighted by Gasteiger charge is -2.11. The Hall–Kier alpha value is -1.88. The minimum Gasteiger partial charge on any atom is -0.352 e. The molecule has 24 heavy (non-hydrogen) atoms. The maximum atomic E-state index is 12.0. The molecule has 1 unspecified atom stereocenters. The van der Waals surface area contributed by atoms with Crippen LogP contribution in [-0.2, 0) is 16.1 Å². The Kier molecular flexibility index (Phi) is 7.25. The zero-order chi connectivity index (χ0) is 17.4. The molecule has 2 rings (SSSR count). The molecule has 0 spiro atoms. The maximum absolute atomic E-state index is 12.0. The quantitative estimate of drug-likeness (QED) is 0.686. The Balaban J connectivity index is 1.74. The summed E-state index contributed by atoms with van der Waals surface area (Å²) in [6.07, 6.45) is 3.21. The number of amides is 2. The van der Waals surface area contributed by atoms with Crippen LogP contribution in [0.3, 0.4) is 0 Å². The van der Waals surface area contributed by atoms with Gasteiger partial charge < -0.3 is 16.0 Å². The first-order chi connectivity index (χ1) is 11.5. The number of nitrogens with one attached hydrogen (secondary N) is 3. The van der Waals surface area contributed by atoms with E-state index in [4.69, 9.17) is 0 Å². The standard InChI is InChI=1S/C19H29N3O2/c1-14(2)10-19(24)22-17-5-3-4-16(11-17)13-21-18(23)7-6-15-8-9-20-12-15/h3-5,11,14-15,20H,6-10,12-13H2,1-2H3,(H,21,23)(H,22,24). The molecule has 0 aliphatic carbocycles. The van der Waals surface area contributed by atoms with Crippen LogP contribution in [0, 0.1) is 11.8 Å². The van der Waals surface area contributed by atoms with Crippen LogP contribution in [0.5, 0.6) is 0 Å². The van der Waals surface area contributed by atoms with Crippen molar-refractivity contribution in [2.75, 3.05) is 18.4 Å². The van der Waals surface area contributed by atoms with Crippen LogP contribution < -0.4 is 16.0 Å². The average molecular weight is 331 g/mol. The van der Waals surface area contributed by atoms with Gasteiger partial charge >= 0.3 is 0 Å². The highest BCUT2D eigenvalue weighted by Gasteiger charge is 2.15. The fourth-order valence-corrected chi connectivity index (χ4v) is 2.93. The van der Waals surface area contributed by atoms with Crippen molar-refractivity contribution in [1.29, 1.82) is 0 Å². The highest BCUT2D eigenvalue weighted by molar-refractivity contribution is 5.90. The van der Waals surface area contributed by atoms with E-state index in [1.165, 1.54) is 6.42 Å². The van der Waals surface area contributed by atoms with Crippen LogP contribution in [0.15, 0.2) is 24.3 Å². The lowest BCUT2D eigenvalue weighted by atomic mass is 10.0. The van der Waals surface area contributed by atoms with E-state index in [9.17, 15) is 9.59 Å². The predicted octanol–water partition coefficient (Wildman–Crippen LogP) is 2.68. The first kappa shape index (κ1) is 18.5. The van der Waals surface area contributed by atoms with Crippen molar-refractivity contribution in [3.05, 3.63) is 29.8 Å². The summed E-state index contributed by atoms with van der Waals surface area (Å²) in [6, 6.07) is 7.64. The summed E-state index contributed by atoms with van der Waals surface area (Å²) in [4.78, 5) is 23.8. The average Bonchev–Trinajstić information content (AvgIpc) is 3.04. The van der Waals surface area contributed by atoms with Gasteiger partial charge in [-0.3, -0.25) is 9.59 Å². The van der Waals surface area contributed by atoms with Gasteiger partial charge in [-0.25, -0.2) is 0 Å². The second-order valence-corrected chi connectivity index (χ2v) is 7.02. The molecule has 132 valence electrons. The van der Waals surface area contributed by atoms with E-state index < -0.39 is 0 Å². The predicted molar refractivity (Wildman–Crippen MR) is 96.6 cm³/mol. The van der Waals surface area contributed by atoms with E-state index in [0.29, 0.717) is 31.2 Å². The molecule has 2 amide bonds. The lowest BCUT2D eigenvalue weighted by molar-refractivity contribution is -0.121. The van der Waals surface area contributed by atoms with E-state index in [1.807, 2.05) is 38.1 Å². The number of benzene rings is 1. The Bertz CT molecular complexity index is 551. The third-order valence-corrected chi connectivity index (χ3v) is 4.24. The topological polar surface area (TPSA) is 70.2 Å². The third kappa shape index (κ3) is 6.71. The van der Waals surface area contributed by atoms with Gasteiger partial charge in [0.25, 0.3) is 0 Å². The molecule has 0 saturated carbocycles. The molecule has 0 bridgehead atoms. The number of hydrogen-bond donors (Lipinski definition) is 3. The zero-order valence-electron chi connectivity index (χ0n) is 14.7. The largest absolute Gasteiger partial charge is 0.352 e. The van der Waals surface area contributed by atoms with Crippen LogP contribution in [-0.4, -0.2) is 24.9 Å². The Morgan fingerprint density at radius 3 is 2.83 bits per heavy atom. The maximum Gasteiger partial charge on any atom is 0.224 e. The summed E-state index contributed by atoms with van der Waals surface area (Å²) < 4.78 is 0. The minimum absolute atomic E-state index is 0.0244. The van der Waals surface area contributed by atoms with Gasteiger partial charge in [-0.1, -0.05) is 26.0 Å². The van der Waals surface area contributed by atoms with Gasteiger partial charge in [-0.2, -0.15) is 0 Å². The molecular weight excluding hydrogens is 302 g/mol. The molecule has 5 nitrogen and oxygen atoms in total. The second kappa shape index (κ2) is 9.42. The molecular formula is C19H29N3O2. The first-order valence-corrected chi connectivity index (χ1v) is 8.89. The van der Waals surface area contributed by atoms with Crippen molar-refractivity contribution in [3.63, 3.8) is 0 Å². The van der Waals surface area contributed by atoms with Gasteiger partial charge in [-0.05, 0) is 55.5 Å². The molecule has 1 atom stereocenters. The number of hydrogen-bond acceptors (Lipinski definition) is 3. The smallest absolute Gasteiger partial charge is 0.224 e. The number of rotatable bonds is 8. The molecule has 1 aliphatic heterocycles. The summed E-state index contributed by atoms with van der Waals surface area (Å²) in [5.41, 5.74) is 1.78. The molecule has 3 N–H and O–H groups in total. The Labute approximate surface area is 144 Å². The highest BCUT2D eigenvalue weighted by Crippen LogP contribution is 2.15. The fourth-order valence-electron chi connectivity index (χ4n) is 2.93. The van der Waals surface area contributed by atoms with Gasteiger partial charge in [0.2, 0.25) is 11.8 Å². The van der Waals surface area contributed by atoms with Crippen molar-refractivity contribution < 1.29 is 9.59 Å². The molecule has 1 heterocycles. The number of anilines is 1. The molecule has 1 aromatic carbocycles. The molecule has 1 aliphatic rings. The fraction of sp³-hybridized carbons (Fsp3) is 0.579. The SMILES string of the molecule is CC(C)CC(=O)Nc1cccc(CNC(=O)CCC2CCNC2)c1. The summed E-state index contributed by atoms with van der Waals surface area (Å²) in [5.74, 6) is 1.09. The monoisotopic (exact) mass is 331 g/mol. The summed E-state index contributed by atoms with van der Waals surface area (Å²) in [5, 5.41) is 9.19. The molecule has 1 aromatic rings. The third-order valence-electron chi connectivity index (χ3n) is 4.24. The van der Waals surface area contributed by atoms with E-state index in [0.717, 1.165) is 30.8 Å². The van der Waals surface area contributed by atoms with Gasteiger partial charge in [0.15, 0.2) is 0 Å². The van der Waals surface area contributed by atoms with E-state index in [1.54, 1.807) is 0 Å². The van der Waals surface area contributed by atoms with Gasteiger partial charge in [-0.15, -0.1) is 0 Å². The second-order valence-electron chi connectivity index (χ2n) is 7.02. The van der Waals surface area contributed by atoms with Gasteiger partial charge in [0, 0.05) is 25.1 Å². The van der Waals surface area contributed by atoms with Crippen molar-refractivity contribution in [3.8, 4) is 0 Å².